The maximum Gasteiger partial charge on any atom is 0.256 e. The summed E-state index contributed by atoms with van der Waals surface area (Å²) in [6.45, 7) is 3.44. The second-order valence-electron chi connectivity index (χ2n) is 6.30. The van der Waals surface area contributed by atoms with Gasteiger partial charge in [-0.05, 0) is 12.1 Å². The van der Waals surface area contributed by atoms with E-state index in [9.17, 15) is 4.79 Å². The number of benzene rings is 1. The summed E-state index contributed by atoms with van der Waals surface area (Å²) in [5, 5.41) is 0. The Balaban J connectivity index is 1.66. The lowest BCUT2D eigenvalue weighted by Gasteiger charge is -2.35. The van der Waals surface area contributed by atoms with Crippen molar-refractivity contribution in [3.05, 3.63) is 38.0 Å². The maximum absolute atomic E-state index is 12.7. The van der Waals surface area contributed by atoms with Crippen LogP contribution in [0.15, 0.2) is 18.2 Å². The van der Waals surface area contributed by atoms with Gasteiger partial charge in [0.05, 0.1) is 31.2 Å². The SMILES string of the molecule is COc1ccc(CN2CCN(C(=O)c3cc(Cl)sc3Cl)CC2)c(OC)c1OC. The molecule has 1 aromatic carbocycles. The molecule has 0 saturated carbocycles. The highest BCUT2D eigenvalue weighted by Gasteiger charge is 2.26. The normalized spacial score (nSPS) is 14.8. The Labute approximate surface area is 178 Å². The van der Waals surface area contributed by atoms with E-state index in [1.165, 1.54) is 11.3 Å². The average Bonchev–Trinajstić information content (AvgIpc) is 3.05. The van der Waals surface area contributed by atoms with E-state index in [4.69, 9.17) is 37.4 Å². The highest BCUT2D eigenvalue weighted by atomic mass is 35.5. The first-order valence-electron chi connectivity index (χ1n) is 8.72. The maximum atomic E-state index is 12.7. The van der Waals surface area contributed by atoms with Crippen molar-refractivity contribution in [2.45, 2.75) is 6.54 Å². The molecule has 0 N–H and O–H groups in total. The smallest absolute Gasteiger partial charge is 0.256 e. The number of rotatable bonds is 6. The molecule has 2 aromatic rings. The Hall–Kier alpha value is -1.67. The predicted octanol–water partition coefficient (Wildman–Crippen LogP) is 4.04. The second-order valence-corrected chi connectivity index (χ2v) is 8.59. The van der Waals surface area contributed by atoms with Crippen LogP contribution >= 0.6 is 34.5 Å². The Morgan fingerprint density at radius 3 is 2.25 bits per heavy atom. The highest BCUT2D eigenvalue weighted by Crippen LogP contribution is 2.40. The number of carbonyl (C=O) groups is 1. The van der Waals surface area contributed by atoms with Gasteiger partial charge in [-0.3, -0.25) is 9.69 Å². The van der Waals surface area contributed by atoms with Crippen LogP contribution < -0.4 is 14.2 Å². The molecule has 152 valence electrons. The molecule has 0 bridgehead atoms. The molecule has 1 aliphatic heterocycles. The zero-order chi connectivity index (χ0) is 20.3. The zero-order valence-corrected chi connectivity index (χ0v) is 18.3. The van der Waals surface area contributed by atoms with E-state index in [1.807, 2.05) is 17.0 Å². The molecule has 1 aliphatic rings. The summed E-state index contributed by atoms with van der Waals surface area (Å²) in [5.41, 5.74) is 1.49. The second kappa shape index (κ2) is 9.22. The van der Waals surface area contributed by atoms with E-state index < -0.39 is 0 Å². The summed E-state index contributed by atoms with van der Waals surface area (Å²) in [4.78, 5) is 16.8. The molecule has 1 saturated heterocycles. The summed E-state index contributed by atoms with van der Waals surface area (Å²) >= 11 is 13.3. The van der Waals surface area contributed by atoms with E-state index >= 15 is 0 Å². The molecule has 1 fully saturated rings. The topological polar surface area (TPSA) is 51.2 Å². The van der Waals surface area contributed by atoms with Crippen LogP contribution in [-0.4, -0.2) is 63.2 Å². The lowest BCUT2D eigenvalue weighted by molar-refractivity contribution is 0.0628. The van der Waals surface area contributed by atoms with Crippen molar-refractivity contribution in [3.63, 3.8) is 0 Å². The third kappa shape index (κ3) is 4.33. The lowest BCUT2D eigenvalue weighted by Crippen LogP contribution is -2.48. The summed E-state index contributed by atoms with van der Waals surface area (Å²) in [5.74, 6) is 1.81. The van der Waals surface area contributed by atoms with E-state index in [1.54, 1.807) is 27.4 Å². The van der Waals surface area contributed by atoms with Crippen molar-refractivity contribution < 1.29 is 19.0 Å². The van der Waals surface area contributed by atoms with Crippen LogP contribution in [0.1, 0.15) is 15.9 Å². The van der Waals surface area contributed by atoms with Crippen molar-refractivity contribution in [2.75, 3.05) is 47.5 Å². The van der Waals surface area contributed by atoms with Crippen LogP contribution in [0.25, 0.3) is 0 Å². The monoisotopic (exact) mass is 444 g/mol. The van der Waals surface area contributed by atoms with Crippen LogP contribution in [0.2, 0.25) is 8.67 Å². The molecule has 3 rings (SSSR count). The number of nitrogens with zero attached hydrogens (tertiary/aromatic N) is 2. The molecule has 0 unspecified atom stereocenters. The summed E-state index contributed by atoms with van der Waals surface area (Å²) in [6, 6.07) is 5.49. The molecular weight excluding hydrogens is 423 g/mol. The van der Waals surface area contributed by atoms with Gasteiger partial charge in [0.25, 0.3) is 5.91 Å². The largest absolute Gasteiger partial charge is 0.493 e. The van der Waals surface area contributed by atoms with Crippen LogP contribution in [0, 0.1) is 0 Å². The van der Waals surface area contributed by atoms with Crippen molar-refractivity contribution >= 4 is 40.4 Å². The molecular formula is C19H22Cl2N2O4S. The third-order valence-electron chi connectivity index (χ3n) is 4.73. The van der Waals surface area contributed by atoms with Crippen molar-refractivity contribution in [2.24, 2.45) is 0 Å². The average molecular weight is 445 g/mol. The highest BCUT2D eigenvalue weighted by molar-refractivity contribution is 7.20. The Morgan fingerprint density at radius 1 is 1.04 bits per heavy atom. The number of halogens is 2. The molecule has 1 aromatic heterocycles. The molecule has 0 spiro atoms. The lowest BCUT2D eigenvalue weighted by atomic mass is 10.1. The molecule has 0 atom stereocenters. The summed E-state index contributed by atoms with van der Waals surface area (Å²) in [6.07, 6.45) is 0. The first-order valence-corrected chi connectivity index (χ1v) is 10.3. The van der Waals surface area contributed by atoms with E-state index in [2.05, 4.69) is 4.90 Å². The molecule has 0 aliphatic carbocycles. The van der Waals surface area contributed by atoms with Gasteiger partial charge < -0.3 is 19.1 Å². The van der Waals surface area contributed by atoms with Crippen LogP contribution in [-0.2, 0) is 6.54 Å². The Morgan fingerprint density at radius 2 is 1.71 bits per heavy atom. The summed E-state index contributed by atoms with van der Waals surface area (Å²) in [7, 11) is 4.81. The van der Waals surface area contributed by atoms with Gasteiger partial charge >= 0.3 is 0 Å². The van der Waals surface area contributed by atoms with E-state index in [-0.39, 0.29) is 5.91 Å². The van der Waals surface area contributed by atoms with Gasteiger partial charge in [-0.2, -0.15) is 0 Å². The van der Waals surface area contributed by atoms with Gasteiger partial charge in [-0.1, -0.05) is 29.3 Å². The molecule has 2 heterocycles. The molecule has 9 heteroatoms. The minimum absolute atomic E-state index is 0.0727. The Bertz CT molecular complexity index is 851. The number of amides is 1. The number of piperazine rings is 1. The fourth-order valence-electron chi connectivity index (χ4n) is 3.29. The van der Waals surface area contributed by atoms with Gasteiger partial charge in [-0.25, -0.2) is 0 Å². The van der Waals surface area contributed by atoms with Crippen molar-refractivity contribution in [3.8, 4) is 17.2 Å². The third-order valence-corrected chi connectivity index (χ3v) is 6.21. The number of hydrogen-bond donors (Lipinski definition) is 0. The predicted molar refractivity (Wildman–Crippen MR) is 112 cm³/mol. The minimum atomic E-state index is -0.0727. The molecule has 28 heavy (non-hydrogen) atoms. The number of thiophene rings is 1. The number of carbonyl (C=O) groups excluding carboxylic acids is 1. The van der Waals surface area contributed by atoms with Gasteiger partial charge in [-0.15, -0.1) is 11.3 Å². The quantitative estimate of drug-likeness (QED) is 0.672. The van der Waals surface area contributed by atoms with E-state index in [0.29, 0.717) is 51.1 Å². The standard InChI is InChI=1S/C19H22Cl2N2O4S/c1-25-14-5-4-12(16(26-2)17(14)27-3)11-22-6-8-23(9-7-22)19(24)13-10-15(20)28-18(13)21/h4-5,10H,6-9,11H2,1-3H3. The van der Waals surface area contributed by atoms with Crippen molar-refractivity contribution in [1.29, 1.82) is 0 Å². The molecule has 1 amide bonds. The van der Waals surface area contributed by atoms with E-state index in [0.717, 1.165) is 18.7 Å². The summed E-state index contributed by atoms with van der Waals surface area (Å²) < 4.78 is 17.3. The van der Waals surface area contributed by atoms with Crippen LogP contribution in [0.3, 0.4) is 0 Å². The van der Waals surface area contributed by atoms with Gasteiger partial charge in [0.1, 0.15) is 4.34 Å². The zero-order valence-electron chi connectivity index (χ0n) is 16.0. The van der Waals surface area contributed by atoms with Crippen molar-refractivity contribution in [1.82, 2.24) is 9.80 Å². The number of methoxy groups -OCH3 is 3. The van der Waals surface area contributed by atoms with Gasteiger partial charge in [0.15, 0.2) is 11.5 Å². The first-order chi connectivity index (χ1) is 13.5. The Kier molecular flexibility index (Phi) is 6.93. The van der Waals surface area contributed by atoms with Crippen LogP contribution in [0.4, 0.5) is 0 Å². The minimum Gasteiger partial charge on any atom is -0.493 e. The molecule has 0 radical (unpaired) electrons. The first kappa shape index (κ1) is 21.0. The fraction of sp³-hybridized carbons (Fsp3) is 0.421. The molecule has 6 nitrogen and oxygen atoms in total. The number of hydrogen-bond acceptors (Lipinski definition) is 6. The van der Waals surface area contributed by atoms with Gasteiger partial charge in [0, 0.05) is 38.3 Å². The van der Waals surface area contributed by atoms with Crippen LogP contribution in [0.5, 0.6) is 17.2 Å². The van der Waals surface area contributed by atoms with Gasteiger partial charge in [0.2, 0.25) is 5.75 Å². The fourth-order valence-corrected chi connectivity index (χ4v) is 4.74. The number of ether oxygens (including phenoxy) is 3.